The van der Waals surface area contributed by atoms with E-state index >= 15 is 0 Å². The number of aromatic nitrogens is 3. The molecule has 5 rings (SSSR count). The van der Waals surface area contributed by atoms with Crippen molar-refractivity contribution in [1.29, 1.82) is 0 Å². The molecule has 0 radical (unpaired) electrons. The lowest BCUT2D eigenvalue weighted by Crippen LogP contribution is -2.62. The van der Waals surface area contributed by atoms with Crippen molar-refractivity contribution in [3.63, 3.8) is 0 Å². The molecule has 2 aromatic heterocycles. The third kappa shape index (κ3) is 4.81. The number of pyridine rings is 1. The Morgan fingerprint density at radius 1 is 1.00 bits per heavy atom. The lowest BCUT2D eigenvalue weighted by molar-refractivity contribution is -0.159. The molecule has 2 bridgehead atoms. The molecule has 0 N–H and O–H groups in total. The van der Waals surface area contributed by atoms with Gasteiger partial charge in [-0.05, 0) is 61.2 Å². The zero-order valence-electron chi connectivity index (χ0n) is 20.9. The summed E-state index contributed by atoms with van der Waals surface area (Å²) in [5.41, 5.74) is 5.44. The Bertz CT molecular complexity index is 1300. The molecule has 8 heteroatoms. The first kappa shape index (κ1) is 23.9. The molecule has 4 heterocycles. The van der Waals surface area contributed by atoms with E-state index < -0.39 is 0 Å². The standard InChI is InChI=1S/C28H31N5O3/c1-18(2)23-9-24(12-29-11-23)21-6-5-7-22(8-21)28(35)32-16-25-14-31(15-26(17-32)36-25)27(34)20(4)33-13-19(3)10-30-33/h5-13,20,25-26H,1,14-17H2,2-4H3. The van der Waals surface area contributed by atoms with Gasteiger partial charge in [0.2, 0.25) is 5.91 Å². The maximum absolute atomic E-state index is 13.4. The van der Waals surface area contributed by atoms with Gasteiger partial charge in [0.25, 0.3) is 5.91 Å². The molecule has 2 saturated heterocycles. The third-order valence-corrected chi connectivity index (χ3v) is 6.84. The highest BCUT2D eigenvalue weighted by Gasteiger charge is 2.39. The lowest BCUT2D eigenvalue weighted by atomic mass is 10.0. The highest BCUT2D eigenvalue weighted by atomic mass is 16.5. The van der Waals surface area contributed by atoms with Crippen LogP contribution in [0.25, 0.3) is 16.7 Å². The van der Waals surface area contributed by atoms with Crippen molar-refractivity contribution in [2.75, 3.05) is 26.2 Å². The zero-order valence-corrected chi connectivity index (χ0v) is 20.9. The first-order valence-corrected chi connectivity index (χ1v) is 12.2. The summed E-state index contributed by atoms with van der Waals surface area (Å²) >= 11 is 0. The molecule has 1 aromatic carbocycles. The maximum Gasteiger partial charge on any atom is 0.254 e. The highest BCUT2D eigenvalue weighted by Crippen LogP contribution is 2.26. The van der Waals surface area contributed by atoms with Crippen molar-refractivity contribution in [3.8, 4) is 11.1 Å². The number of ether oxygens (including phenoxy) is 1. The van der Waals surface area contributed by atoms with E-state index in [1.807, 2.05) is 67.1 Å². The summed E-state index contributed by atoms with van der Waals surface area (Å²) in [7, 11) is 0. The van der Waals surface area contributed by atoms with E-state index in [-0.39, 0.29) is 30.1 Å². The maximum atomic E-state index is 13.4. The second-order valence-corrected chi connectivity index (χ2v) is 9.83. The van der Waals surface area contributed by atoms with Crippen LogP contribution in [0.1, 0.15) is 41.4 Å². The molecule has 0 aliphatic carbocycles. The average molecular weight is 486 g/mol. The quantitative estimate of drug-likeness (QED) is 0.552. The minimum Gasteiger partial charge on any atom is -0.368 e. The molecule has 36 heavy (non-hydrogen) atoms. The van der Waals surface area contributed by atoms with Crippen LogP contribution in [0.3, 0.4) is 0 Å². The van der Waals surface area contributed by atoms with E-state index in [0.29, 0.717) is 31.7 Å². The van der Waals surface area contributed by atoms with Gasteiger partial charge in [-0.15, -0.1) is 0 Å². The number of aryl methyl sites for hydroxylation is 1. The van der Waals surface area contributed by atoms with Crippen molar-refractivity contribution < 1.29 is 14.3 Å². The Labute approximate surface area is 211 Å². The molecule has 2 aliphatic rings. The van der Waals surface area contributed by atoms with Crippen LogP contribution in [0.5, 0.6) is 0 Å². The third-order valence-electron chi connectivity index (χ3n) is 6.84. The van der Waals surface area contributed by atoms with Crippen LogP contribution in [-0.4, -0.2) is 74.8 Å². The summed E-state index contributed by atoms with van der Waals surface area (Å²) in [6.45, 7) is 11.6. The summed E-state index contributed by atoms with van der Waals surface area (Å²) in [5, 5.41) is 4.29. The normalized spacial score (nSPS) is 20.2. The second kappa shape index (κ2) is 9.70. The van der Waals surface area contributed by atoms with E-state index in [0.717, 1.165) is 27.8 Å². The first-order chi connectivity index (χ1) is 17.3. The summed E-state index contributed by atoms with van der Waals surface area (Å²) < 4.78 is 7.81. The molecule has 2 fully saturated rings. The molecule has 3 unspecified atom stereocenters. The van der Waals surface area contributed by atoms with Crippen LogP contribution in [0, 0.1) is 6.92 Å². The molecule has 0 saturated carbocycles. The Kier molecular flexibility index (Phi) is 6.45. The van der Waals surface area contributed by atoms with Gasteiger partial charge in [0.05, 0.1) is 18.4 Å². The molecule has 0 spiro atoms. The molecule has 8 nitrogen and oxygen atoms in total. The number of benzene rings is 1. The van der Waals surface area contributed by atoms with Crippen LogP contribution >= 0.6 is 0 Å². The summed E-state index contributed by atoms with van der Waals surface area (Å²) in [6, 6.07) is 9.30. The number of carbonyl (C=O) groups is 2. The van der Waals surface area contributed by atoms with Crippen LogP contribution in [0.4, 0.5) is 0 Å². The minimum absolute atomic E-state index is 0.0227. The van der Waals surface area contributed by atoms with Crippen molar-refractivity contribution in [2.45, 2.75) is 39.0 Å². The van der Waals surface area contributed by atoms with Gasteiger partial charge < -0.3 is 14.5 Å². The van der Waals surface area contributed by atoms with Crippen LogP contribution < -0.4 is 0 Å². The van der Waals surface area contributed by atoms with Crippen LogP contribution in [-0.2, 0) is 9.53 Å². The van der Waals surface area contributed by atoms with Crippen molar-refractivity contribution >= 4 is 17.4 Å². The number of morpholine rings is 2. The van der Waals surface area contributed by atoms with Gasteiger partial charge in [-0.1, -0.05) is 18.7 Å². The number of hydrogen-bond acceptors (Lipinski definition) is 5. The molecular formula is C28H31N5O3. The predicted molar refractivity (Wildman–Crippen MR) is 137 cm³/mol. The van der Waals surface area contributed by atoms with Crippen molar-refractivity contribution in [3.05, 3.63) is 78.4 Å². The smallest absolute Gasteiger partial charge is 0.254 e. The SMILES string of the molecule is C=C(C)c1cncc(-c2cccc(C(=O)N3CC4CN(C(=O)C(C)n5cc(C)cn5)CC(C3)O4)c2)c1. The Morgan fingerprint density at radius 3 is 2.36 bits per heavy atom. The number of carbonyl (C=O) groups excluding carboxylic acids is 2. The number of allylic oxidation sites excluding steroid dienone is 1. The van der Waals surface area contributed by atoms with Crippen molar-refractivity contribution in [1.82, 2.24) is 24.6 Å². The van der Waals surface area contributed by atoms with Crippen LogP contribution in [0.2, 0.25) is 0 Å². The Hall–Kier alpha value is -3.78. The number of fused-ring (bicyclic) bond motifs is 2. The van der Waals surface area contributed by atoms with Gasteiger partial charge in [0.15, 0.2) is 0 Å². The summed E-state index contributed by atoms with van der Waals surface area (Å²) in [6.07, 6.45) is 6.80. The average Bonchev–Trinajstić information content (AvgIpc) is 3.33. The topological polar surface area (TPSA) is 80.6 Å². The van der Waals surface area contributed by atoms with Gasteiger partial charge in [-0.2, -0.15) is 5.10 Å². The van der Waals surface area contributed by atoms with Crippen molar-refractivity contribution in [2.24, 2.45) is 0 Å². The monoisotopic (exact) mass is 485 g/mol. The van der Waals surface area contributed by atoms with E-state index in [1.165, 1.54) is 0 Å². The molecular weight excluding hydrogens is 454 g/mol. The fraction of sp³-hybridized carbons (Fsp3) is 0.357. The van der Waals surface area contributed by atoms with Gasteiger partial charge >= 0.3 is 0 Å². The molecule has 3 aromatic rings. The van der Waals surface area contributed by atoms with Crippen LogP contribution in [0.15, 0.2) is 61.7 Å². The Morgan fingerprint density at radius 2 is 1.69 bits per heavy atom. The fourth-order valence-electron chi connectivity index (χ4n) is 4.91. The largest absolute Gasteiger partial charge is 0.368 e. The minimum atomic E-state index is -0.379. The lowest BCUT2D eigenvalue weighted by Gasteiger charge is -2.46. The van der Waals surface area contributed by atoms with Gasteiger partial charge in [-0.3, -0.25) is 19.3 Å². The Balaban J connectivity index is 1.27. The highest BCUT2D eigenvalue weighted by molar-refractivity contribution is 5.95. The number of hydrogen-bond donors (Lipinski definition) is 0. The summed E-state index contributed by atoms with van der Waals surface area (Å²) in [4.78, 5) is 34.6. The van der Waals surface area contributed by atoms with E-state index in [9.17, 15) is 9.59 Å². The van der Waals surface area contributed by atoms with Gasteiger partial charge in [-0.25, -0.2) is 0 Å². The van der Waals surface area contributed by atoms with Gasteiger partial charge in [0, 0.05) is 55.9 Å². The van der Waals surface area contributed by atoms with E-state index in [1.54, 1.807) is 23.3 Å². The second-order valence-electron chi connectivity index (χ2n) is 9.83. The first-order valence-electron chi connectivity index (χ1n) is 12.2. The summed E-state index contributed by atoms with van der Waals surface area (Å²) in [5.74, 6) is -0.00574. The molecule has 3 atom stereocenters. The number of rotatable bonds is 5. The number of nitrogens with zero attached hydrogens (tertiary/aromatic N) is 5. The number of amides is 2. The molecule has 2 aliphatic heterocycles. The predicted octanol–water partition coefficient (Wildman–Crippen LogP) is 3.60. The van der Waals surface area contributed by atoms with E-state index in [4.69, 9.17) is 4.74 Å². The molecule has 186 valence electrons. The fourth-order valence-corrected chi connectivity index (χ4v) is 4.91. The van der Waals surface area contributed by atoms with Gasteiger partial charge in [0.1, 0.15) is 6.04 Å². The molecule has 2 amide bonds. The van der Waals surface area contributed by atoms with E-state index in [2.05, 4.69) is 16.7 Å². The zero-order chi connectivity index (χ0) is 25.4.